The molecule has 5 nitrogen and oxygen atoms in total. The highest BCUT2D eigenvalue weighted by Gasteiger charge is 2.31. The largest absolute Gasteiger partial charge is 0.416 e. The standard InChI is InChI=1S/C24H19ClF3N5/c1-3-5-19-21-22(33(2)32-19)20(17-12-29-18-9-8-15(25)11-16(17)18)30-23(31-21)13-6-4-7-14(10-13)24(26,27)28/h4,6-12,29H,3,5H2,1-2H3. The molecule has 5 aromatic rings. The normalized spacial score (nSPS) is 12.2. The van der Waals surface area contributed by atoms with Crippen molar-refractivity contribution < 1.29 is 13.2 Å². The van der Waals surface area contributed by atoms with Crippen molar-refractivity contribution in [3.63, 3.8) is 0 Å². The van der Waals surface area contributed by atoms with E-state index in [1.807, 2.05) is 32.3 Å². The molecule has 0 unspecified atom stereocenters. The van der Waals surface area contributed by atoms with Gasteiger partial charge in [0.2, 0.25) is 0 Å². The number of hydrogen-bond acceptors (Lipinski definition) is 3. The second-order valence-electron chi connectivity index (χ2n) is 7.88. The summed E-state index contributed by atoms with van der Waals surface area (Å²) in [6, 6.07) is 10.6. The third kappa shape index (κ3) is 3.74. The van der Waals surface area contributed by atoms with Gasteiger partial charge in [0.05, 0.1) is 11.3 Å². The van der Waals surface area contributed by atoms with Crippen LogP contribution in [-0.4, -0.2) is 24.7 Å². The molecule has 0 aliphatic carbocycles. The molecule has 1 N–H and O–H groups in total. The molecule has 0 fully saturated rings. The van der Waals surface area contributed by atoms with Gasteiger partial charge in [0.25, 0.3) is 0 Å². The van der Waals surface area contributed by atoms with E-state index in [0.717, 1.165) is 46.2 Å². The fourth-order valence-electron chi connectivity index (χ4n) is 4.09. The van der Waals surface area contributed by atoms with Crippen molar-refractivity contribution in [3.05, 3.63) is 64.9 Å². The lowest BCUT2D eigenvalue weighted by Crippen LogP contribution is -2.05. The minimum Gasteiger partial charge on any atom is -0.360 e. The fraction of sp³-hybridized carbons (Fsp3) is 0.208. The van der Waals surface area contributed by atoms with E-state index in [0.29, 0.717) is 22.7 Å². The molecule has 168 valence electrons. The average molecular weight is 470 g/mol. The molecule has 0 saturated heterocycles. The number of benzene rings is 2. The third-order valence-electron chi connectivity index (χ3n) is 5.59. The van der Waals surface area contributed by atoms with E-state index in [4.69, 9.17) is 16.6 Å². The summed E-state index contributed by atoms with van der Waals surface area (Å²) < 4.78 is 41.8. The summed E-state index contributed by atoms with van der Waals surface area (Å²) in [5.41, 5.74) is 3.91. The molecule has 0 amide bonds. The van der Waals surface area contributed by atoms with E-state index in [9.17, 15) is 13.2 Å². The first-order chi connectivity index (χ1) is 15.8. The van der Waals surface area contributed by atoms with Crippen LogP contribution in [0, 0.1) is 0 Å². The maximum absolute atomic E-state index is 13.3. The zero-order valence-electron chi connectivity index (χ0n) is 17.8. The van der Waals surface area contributed by atoms with E-state index in [2.05, 4.69) is 15.1 Å². The maximum atomic E-state index is 13.3. The lowest BCUT2D eigenvalue weighted by atomic mass is 10.1. The van der Waals surface area contributed by atoms with Crippen molar-refractivity contribution in [3.8, 4) is 22.6 Å². The molecule has 0 spiro atoms. The van der Waals surface area contributed by atoms with Crippen LogP contribution in [0.2, 0.25) is 5.02 Å². The molecule has 0 radical (unpaired) electrons. The smallest absolute Gasteiger partial charge is 0.360 e. The van der Waals surface area contributed by atoms with Gasteiger partial charge < -0.3 is 4.98 Å². The molecular formula is C24H19ClF3N5. The quantitative estimate of drug-likeness (QED) is 0.315. The summed E-state index contributed by atoms with van der Waals surface area (Å²) in [4.78, 5) is 12.6. The number of nitrogens with one attached hydrogen (secondary N) is 1. The van der Waals surface area contributed by atoms with Crippen molar-refractivity contribution in [1.29, 1.82) is 0 Å². The highest BCUT2D eigenvalue weighted by atomic mass is 35.5. The molecule has 9 heteroatoms. The molecule has 33 heavy (non-hydrogen) atoms. The van der Waals surface area contributed by atoms with E-state index in [-0.39, 0.29) is 11.4 Å². The number of H-pyrrole nitrogens is 1. The van der Waals surface area contributed by atoms with Crippen molar-refractivity contribution in [2.45, 2.75) is 25.9 Å². The number of alkyl halides is 3. The Morgan fingerprint density at radius 2 is 1.91 bits per heavy atom. The molecule has 0 aliphatic heterocycles. The van der Waals surface area contributed by atoms with Gasteiger partial charge in [0.1, 0.15) is 16.7 Å². The Hall–Kier alpha value is -3.39. The van der Waals surface area contributed by atoms with Crippen molar-refractivity contribution >= 4 is 33.5 Å². The van der Waals surface area contributed by atoms with Gasteiger partial charge in [0, 0.05) is 40.3 Å². The monoisotopic (exact) mass is 469 g/mol. The van der Waals surface area contributed by atoms with Crippen molar-refractivity contribution in [2.75, 3.05) is 0 Å². The van der Waals surface area contributed by atoms with Crippen molar-refractivity contribution in [1.82, 2.24) is 24.7 Å². The lowest BCUT2D eigenvalue weighted by Gasteiger charge is -2.10. The van der Waals surface area contributed by atoms with Gasteiger partial charge in [-0.3, -0.25) is 4.68 Å². The molecule has 3 aromatic heterocycles. The number of rotatable bonds is 4. The van der Waals surface area contributed by atoms with E-state index >= 15 is 0 Å². The minimum atomic E-state index is -4.46. The van der Waals surface area contributed by atoms with Gasteiger partial charge in [0.15, 0.2) is 5.82 Å². The predicted octanol–water partition coefficient (Wildman–Crippen LogP) is 6.80. The van der Waals surface area contributed by atoms with Crippen LogP contribution < -0.4 is 0 Å². The summed E-state index contributed by atoms with van der Waals surface area (Å²) in [5, 5.41) is 6.07. The first kappa shape index (κ1) is 21.5. The third-order valence-corrected chi connectivity index (χ3v) is 5.82. The molecule has 0 saturated carbocycles. The number of hydrogen-bond donors (Lipinski definition) is 1. The number of aromatic amines is 1. The van der Waals surface area contributed by atoms with Crippen molar-refractivity contribution in [2.24, 2.45) is 7.05 Å². The van der Waals surface area contributed by atoms with Crippen LogP contribution in [0.3, 0.4) is 0 Å². The summed E-state index contributed by atoms with van der Waals surface area (Å²) in [6.45, 7) is 2.04. The Morgan fingerprint density at radius 1 is 1.09 bits per heavy atom. The van der Waals surface area contributed by atoms with Gasteiger partial charge in [-0.05, 0) is 36.8 Å². The van der Waals surface area contributed by atoms with E-state index in [1.54, 1.807) is 16.8 Å². The Morgan fingerprint density at radius 3 is 2.67 bits per heavy atom. The SMILES string of the molecule is CCCc1nn(C)c2c(-c3c[nH]c4ccc(Cl)cc34)nc(-c3cccc(C(F)(F)F)c3)nc12. The number of halogens is 4. The Bertz CT molecular complexity index is 1500. The molecular weight excluding hydrogens is 451 g/mol. The first-order valence-electron chi connectivity index (χ1n) is 10.4. The fourth-order valence-corrected chi connectivity index (χ4v) is 4.26. The zero-order chi connectivity index (χ0) is 23.3. The number of aromatic nitrogens is 5. The maximum Gasteiger partial charge on any atom is 0.416 e. The van der Waals surface area contributed by atoms with Gasteiger partial charge in [-0.1, -0.05) is 37.1 Å². The zero-order valence-corrected chi connectivity index (χ0v) is 18.6. The molecule has 0 atom stereocenters. The molecule has 3 heterocycles. The number of fused-ring (bicyclic) bond motifs is 2. The summed E-state index contributed by atoms with van der Waals surface area (Å²) in [6.07, 6.45) is -1.09. The van der Waals surface area contributed by atoms with E-state index < -0.39 is 11.7 Å². The summed E-state index contributed by atoms with van der Waals surface area (Å²) in [5.74, 6) is 0.213. The predicted molar refractivity (Wildman–Crippen MR) is 123 cm³/mol. The van der Waals surface area contributed by atoms with Gasteiger partial charge in [-0.25, -0.2) is 9.97 Å². The second kappa shape index (κ2) is 7.88. The summed E-state index contributed by atoms with van der Waals surface area (Å²) >= 11 is 6.25. The second-order valence-corrected chi connectivity index (χ2v) is 8.32. The van der Waals surface area contributed by atoms with Crippen LogP contribution in [0.5, 0.6) is 0 Å². The Kier molecular flexibility index (Phi) is 5.12. The Labute approximate surface area is 192 Å². The lowest BCUT2D eigenvalue weighted by molar-refractivity contribution is -0.137. The van der Waals surface area contributed by atoms with Crippen LogP contribution in [-0.2, 0) is 19.6 Å². The number of aryl methyl sites for hydroxylation is 2. The van der Waals surface area contributed by atoms with Crippen LogP contribution in [0.25, 0.3) is 44.6 Å². The van der Waals surface area contributed by atoms with Crippen LogP contribution in [0.15, 0.2) is 48.7 Å². The van der Waals surface area contributed by atoms with Gasteiger partial charge in [-0.15, -0.1) is 0 Å². The number of nitrogens with zero attached hydrogens (tertiary/aromatic N) is 4. The summed E-state index contributed by atoms with van der Waals surface area (Å²) in [7, 11) is 1.82. The molecule has 2 aromatic carbocycles. The first-order valence-corrected chi connectivity index (χ1v) is 10.8. The highest BCUT2D eigenvalue weighted by molar-refractivity contribution is 6.31. The van der Waals surface area contributed by atoms with Crippen LogP contribution >= 0.6 is 11.6 Å². The van der Waals surface area contributed by atoms with Crippen LogP contribution in [0.4, 0.5) is 13.2 Å². The average Bonchev–Trinajstić information content (AvgIpc) is 3.34. The molecule has 0 bridgehead atoms. The van der Waals surface area contributed by atoms with Gasteiger partial charge in [-0.2, -0.15) is 18.3 Å². The minimum absolute atomic E-state index is 0.213. The Balaban J connectivity index is 1.83. The van der Waals surface area contributed by atoms with E-state index in [1.165, 1.54) is 6.07 Å². The highest BCUT2D eigenvalue weighted by Crippen LogP contribution is 2.37. The topological polar surface area (TPSA) is 59.4 Å². The van der Waals surface area contributed by atoms with Crippen LogP contribution in [0.1, 0.15) is 24.6 Å². The van der Waals surface area contributed by atoms with Gasteiger partial charge >= 0.3 is 6.18 Å². The molecule has 5 rings (SSSR count). The molecule has 0 aliphatic rings.